The predicted octanol–water partition coefficient (Wildman–Crippen LogP) is 5.56. The molecule has 1 fully saturated rings. The zero-order valence-corrected chi connectivity index (χ0v) is 22.8. The molecular formula is C26H26F4N2O3S3. The van der Waals surface area contributed by atoms with Crippen molar-refractivity contribution in [3.63, 3.8) is 0 Å². The molecule has 12 heteroatoms. The van der Waals surface area contributed by atoms with Gasteiger partial charge in [0.15, 0.2) is 5.60 Å². The molecule has 5 nitrogen and oxygen atoms in total. The molecule has 0 radical (unpaired) electrons. The number of sulfonamides is 1. The van der Waals surface area contributed by atoms with E-state index in [0.29, 0.717) is 23.3 Å². The third kappa shape index (κ3) is 5.99. The van der Waals surface area contributed by atoms with E-state index in [1.807, 2.05) is 4.90 Å². The minimum Gasteiger partial charge on any atom is -0.376 e. The van der Waals surface area contributed by atoms with Gasteiger partial charge in [0, 0.05) is 40.9 Å². The molecule has 0 saturated carbocycles. The molecule has 0 aliphatic carbocycles. The molecule has 2 atom stereocenters. The summed E-state index contributed by atoms with van der Waals surface area (Å²) in [6.07, 6.45) is -4.84. The van der Waals surface area contributed by atoms with Crippen molar-refractivity contribution >= 4 is 40.1 Å². The monoisotopic (exact) mass is 586 g/mol. The molecule has 38 heavy (non-hydrogen) atoms. The number of halogens is 4. The van der Waals surface area contributed by atoms with Crippen LogP contribution in [-0.4, -0.2) is 55.4 Å². The molecule has 204 valence electrons. The Kier molecular flexibility index (Phi) is 8.39. The maximum absolute atomic E-state index is 13.4. The number of thiol groups is 1. The van der Waals surface area contributed by atoms with Gasteiger partial charge in [0.05, 0.1) is 10.9 Å². The number of piperazine rings is 1. The van der Waals surface area contributed by atoms with Crippen LogP contribution < -0.4 is 4.90 Å². The first-order valence-corrected chi connectivity index (χ1v) is 14.5. The van der Waals surface area contributed by atoms with E-state index in [4.69, 9.17) is 0 Å². The third-order valence-corrected chi connectivity index (χ3v) is 10.1. The molecule has 1 N–H and O–H groups in total. The quantitative estimate of drug-likeness (QED) is 0.216. The Bertz CT molecular complexity index is 1370. The fraction of sp³-hybridized carbons (Fsp3) is 0.308. The summed E-state index contributed by atoms with van der Waals surface area (Å²) in [5.41, 5.74) is -2.70. The molecule has 0 bridgehead atoms. The summed E-state index contributed by atoms with van der Waals surface area (Å²) < 4.78 is 81.5. The van der Waals surface area contributed by atoms with Crippen molar-refractivity contribution in [2.45, 2.75) is 39.4 Å². The fourth-order valence-corrected chi connectivity index (χ4v) is 7.26. The van der Waals surface area contributed by atoms with E-state index in [1.54, 1.807) is 30.3 Å². The normalized spacial score (nSPS) is 18.8. The van der Waals surface area contributed by atoms with Crippen LogP contribution in [-0.2, 0) is 15.6 Å². The first-order chi connectivity index (χ1) is 17.8. The van der Waals surface area contributed by atoms with Crippen LogP contribution in [0.5, 0.6) is 0 Å². The van der Waals surface area contributed by atoms with Crippen LogP contribution in [0.3, 0.4) is 0 Å². The zero-order chi connectivity index (χ0) is 27.7. The second kappa shape index (κ2) is 11.1. The maximum Gasteiger partial charge on any atom is 0.421 e. The molecule has 1 aliphatic rings. The van der Waals surface area contributed by atoms with Crippen LogP contribution in [0, 0.1) is 5.82 Å². The van der Waals surface area contributed by atoms with Crippen molar-refractivity contribution in [3.05, 3.63) is 84.2 Å². The number of thioether (sulfide) groups is 1. The zero-order valence-electron chi connectivity index (χ0n) is 20.3. The summed E-state index contributed by atoms with van der Waals surface area (Å²) in [5.74, 6) is 0.0634. The Labute approximate surface area is 228 Å². The first-order valence-electron chi connectivity index (χ1n) is 11.6. The standard InChI is InChI=1S/C26H26F4N2O3S3/c1-25(33,26(28,29)30)18-6-10-20(11-7-18)32-15-14-31(38(34,35)24-5-3-2-4-23(24)36)16-21(32)17-37-22-12-8-19(27)9-13-22/h2-13,21,33,36H,14-17H2,1H3/t21-,25?/m1/s1. The second-order valence-electron chi connectivity index (χ2n) is 9.06. The molecule has 4 rings (SSSR count). The van der Waals surface area contributed by atoms with Crippen LogP contribution in [0.25, 0.3) is 0 Å². The number of anilines is 1. The van der Waals surface area contributed by atoms with Gasteiger partial charge in [-0.05, 0) is 61.0 Å². The van der Waals surface area contributed by atoms with Crippen molar-refractivity contribution in [3.8, 4) is 0 Å². The van der Waals surface area contributed by atoms with Gasteiger partial charge in [-0.15, -0.1) is 24.4 Å². The Morgan fingerprint density at radius 2 is 1.63 bits per heavy atom. The molecule has 3 aromatic rings. The number of hydrogen-bond acceptors (Lipinski definition) is 6. The lowest BCUT2D eigenvalue weighted by molar-refractivity contribution is -0.258. The number of hydrogen-bond donors (Lipinski definition) is 2. The highest BCUT2D eigenvalue weighted by Crippen LogP contribution is 2.39. The van der Waals surface area contributed by atoms with E-state index in [0.717, 1.165) is 4.90 Å². The van der Waals surface area contributed by atoms with Gasteiger partial charge in [-0.1, -0.05) is 24.3 Å². The average Bonchev–Trinajstić information content (AvgIpc) is 2.88. The number of nitrogens with zero attached hydrogens (tertiary/aromatic N) is 2. The average molecular weight is 587 g/mol. The topological polar surface area (TPSA) is 60.9 Å². The number of aliphatic hydroxyl groups is 1. The smallest absolute Gasteiger partial charge is 0.376 e. The highest BCUT2D eigenvalue weighted by atomic mass is 32.2. The van der Waals surface area contributed by atoms with Crippen molar-refractivity contribution in [2.75, 3.05) is 30.3 Å². The SMILES string of the molecule is CC(O)(c1ccc(N2CCN(S(=O)(=O)c3ccccc3S)C[C@@H]2CSc2ccc(F)cc2)cc1)C(F)(F)F. The predicted molar refractivity (Wildman–Crippen MR) is 143 cm³/mol. The van der Waals surface area contributed by atoms with Gasteiger partial charge >= 0.3 is 6.18 Å². The maximum atomic E-state index is 13.4. The number of alkyl halides is 3. The number of rotatable bonds is 7. The largest absolute Gasteiger partial charge is 0.421 e. The molecule has 0 amide bonds. The van der Waals surface area contributed by atoms with E-state index in [1.165, 1.54) is 58.5 Å². The second-order valence-corrected chi connectivity index (χ2v) is 12.5. The van der Waals surface area contributed by atoms with E-state index in [-0.39, 0.29) is 42.0 Å². The van der Waals surface area contributed by atoms with Crippen molar-refractivity contribution in [1.29, 1.82) is 0 Å². The first kappa shape index (κ1) is 28.8. The highest BCUT2D eigenvalue weighted by molar-refractivity contribution is 7.99. The molecule has 1 saturated heterocycles. The van der Waals surface area contributed by atoms with Gasteiger partial charge in [-0.2, -0.15) is 17.5 Å². The molecule has 3 aromatic carbocycles. The Morgan fingerprint density at radius 1 is 1.00 bits per heavy atom. The summed E-state index contributed by atoms with van der Waals surface area (Å²) in [7, 11) is -3.85. The Morgan fingerprint density at radius 3 is 2.24 bits per heavy atom. The highest BCUT2D eigenvalue weighted by Gasteiger charge is 2.51. The molecule has 1 aliphatic heterocycles. The van der Waals surface area contributed by atoms with Crippen LogP contribution in [0.2, 0.25) is 0 Å². The van der Waals surface area contributed by atoms with E-state index in [9.17, 15) is 31.1 Å². The van der Waals surface area contributed by atoms with Gasteiger partial charge in [-0.3, -0.25) is 0 Å². The van der Waals surface area contributed by atoms with E-state index in [2.05, 4.69) is 12.6 Å². The van der Waals surface area contributed by atoms with Crippen molar-refractivity contribution in [2.24, 2.45) is 0 Å². The summed E-state index contributed by atoms with van der Waals surface area (Å²) in [6.45, 7) is 1.27. The van der Waals surface area contributed by atoms with Gasteiger partial charge in [-0.25, -0.2) is 12.8 Å². The molecule has 0 aromatic heterocycles. The summed E-state index contributed by atoms with van der Waals surface area (Å²) in [6, 6.07) is 17.5. The van der Waals surface area contributed by atoms with Gasteiger partial charge in [0.1, 0.15) is 5.82 Å². The summed E-state index contributed by atoms with van der Waals surface area (Å²) >= 11 is 5.73. The van der Waals surface area contributed by atoms with E-state index < -0.39 is 21.8 Å². The van der Waals surface area contributed by atoms with Crippen molar-refractivity contribution in [1.82, 2.24) is 4.31 Å². The van der Waals surface area contributed by atoms with Gasteiger partial charge < -0.3 is 10.0 Å². The lowest BCUT2D eigenvalue weighted by atomic mass is 9.95. The lowest BCUT2D eigenvalue weighted by Gasteiger charge is -2.42. The van der Waals surface area contributed by atoms with Gasteiger partial charge in [0.2, 0.25) is 10.0 Å². The Balaban J connectivity index is 1.61. The van der Waals surface area contributed by atoms with Crippen LogP contribution in [0.15, 0.2) is 87.5 Å². The molecule has 0 spiro atoms. The Hall–Kier alpha value is -2.25. The minimum absolute atomic E-state index is 0.0976. The minimum atomic E-state index is -4.84. The molecule has 1 unspecified atom stereocenters. The fourth-order valence-electron chi connectivity index (χ4n) is 4.21. The summed E-state index contributed by atoms with van der Waals surface area (Å²) in [5, 5.41) is 10.0. The number of benzene rings is 3. The molecular weight excluding hydrogens is 560 g/mol. The van der Waals surface area contributed by atoms with Gasteiger partial charge in [0.25, 0.3) is 0 Å². The van der Waals surface area contributed by atoms with Crippen LogP contribution in [0.1, 0.15) is 12.5 Å². The summed E-state index contributed by atoms with van der Waals surface area (Å²) in [4.78, 5) is 3.17. The molecule has 1 heterocycles. The van der Waals surface area contributed by atoms with Crippen molar-refractivity contribution < 1.29 is 31.1 Å². The lowest BCUT2D eigenvalue weighted by Crippen LogP contribution is -2.56. The van der Waals surface area contributed by atoms with Crippen LogP contribution in [0.4, 0.5) is 23.2 Å². The van der Waals surface area contributed by atoms with E-state index >= 15 is 0 Å². The third-order valence-electron chi connectivity index (χ3n) is 6.50. The van der Waals surface area contributed by atoms with Crippen LogP contribution >= 0.6 is 24.4 Å².